The third kappa shape index (κ3) is 4.31. The number of rotatable bonds is 4. The van der Waals surface area contributed by atoms with Crippen LogP contribution in [0.4, 0.5) is 10.5 Å². The number of carbonyl (C=O) groups is 3. The van der Waals surface area contributed by atoms with Crippen LogP contribution in [-0.2, 0) is 9.53 Å². The molecule has 0 spiro atoms. The average Bonchev–Trinajstić information content (AvgIpc) is 3.05. The van der Waals surface area contributed by atoms with E-state index in [2.05, 4.69) is 10.6 Å². The number of hydrogen-bond donors (Lipinski definition) is 2. The molecular formula is C17H16N2O6S. The molecule has 8 nitrogen and oxygen atoms in total. The zero-order valence-corrected chi connectivity index (χ0v) is 14.7. The molecule has 26 heavy (non-hydrogen) atoms. The van der Waals surface area contributed by atoms with E-state index in [1.165, 1.54) is 11.3 Å². The van der Waals surface area contributed by atoms with Crippen LogP contribution in [0, 0.1) is 6.92 Å². The van der Waals surface area contributed by atoms with Crippen LogP contribution in [0.25, 0.3) is 0 Å². The van der Waals surface area contributed by atoms with Gasteiger partial charge in [-0.25, -0.2) is 9.59 Å². The molecule has 2 aromatic rings. The lowest BCUT2D eigenvalue weighted by atomic mass is 10.2. The van der Waals surface area contributed by atoms with E-state index in [1.54, 1.807) is 36.6 Å². The summed E-state index contributed by atoms with van der Waals surface area (Å²) in [6, 6.07) is 5.92. The number of amides is 3. The van der Waals surface area contributed by atoms with E-state index in [4.69, 9.17) is 14.2 Å². The van der Waals surface area contributed by atoms with Crippen LogP contribution in [0.3, 0.4) is 0 Å². The first-order chi connectivity index (χ1) is 12.5. The highest BCUT2D eigenvalue weighted by atomic mass is 32.1. The third-order valence-corrected chi connectivity index (χ3v) is 4.43. The van der Waals surface area contributed by atoms with Crippen molar-refractivity contribution in [3.8, 4) is 11.5 Å². The number of ether oxygens (including phenoxy) is 3. The summed E-state index contributed by atoms with van der Waals surface area (Å²) in [5, 5.41) is 6.35. The summed E-state index contributed by atoms with van der Waals surface area (Å²) < 4.78 is 15.7. The highest BCUT2D eigenvalue weighted by Crippen LogP contribution is 2.32. The Labute approximate surface area is 153 Å². The van der Waals surface area contributed by atoms with Crippen LogP contribution >= 0.6 is 11.3 Å². The molecule has 136 valence electrons. The molecule has 0 bridgehead atoms. The Morgan fingerprint density at radius 3 is 2.65 bits per heavy atom. The number of nitrogens with one attached hydrogen (secondary N) is 2. The maximum absolute atomic E-state index is 11.9. The van der Waals surface area contributed by atoms with Crippen molar-refractivity contribution in [1.82, 2.24) is 5.32 Å². The molecule has 9 heteroatoms. The molecule has 1 aliphatic heterocycles. The average molecular weight is 376 g/mol. The van der Waals surface area contributed by atoms with Crippen molar-refractivity contribution in [3.63, 3.8) is 0 Å². The van der Waals surface area contributed by atoms with Gasteiger partial charge >= 0.3 is 12.0 Å². The van der Waals surface area contributed by atoms with Gasteiger partial charge in [0.1, 0.15) is 18.1 Å². The number of carbonyl (C=O) groups excluding carboxylic acids is 3. The summed E-state index contributed by atoms with van der Waals surface area (Å²) in [7, 11) is 0. The Kier molecular flexibility index (Phi) is 5.37. The quantitative estimate of drug-likeness (QED) is 0.794. The Morgan fingerprint density at radius 1 is 1.15 bits per heavy atom. The molecule has 0 radical (unpaired) electrons. The molecule has 0 fully saturated rings. The lowest BCUT2D eigenvalue weighted by Crippen LogP contribution is -2.37. The predicted molar refractivity (Wildman–Crippen MR) is 93.9 cm³/mol. The highest BCUT2D eigenvalue weighted by Gasteiger charge is 2.16. The molecule has 0 saturated carbocycles. The van der Waals surface area contributed by atoms with Crippen molar-refractivity contribution in [2.75, 3.05) is 25.1 Å². The number of aryl methyl sites for hydroxylation is 1. The third-order valence-electron chi connectivity index (χ3n) is 3.43. The van der Waals surface area contributed by atoms with Gasteiger partial charge in [0.25, 0.3) is 5.91 Å². The van der Waals surface area contributed by atoms with Crippen molar-refractivity contribution >= 4 is 34.9 Å². The van der Waals surface area contributed by atoms with E-state index in [9.17, 15) is 14.4 Å². The van der Waals surface area contributed by atoms with Crippen molar-refractivity contribution in [1.29, 1.82) is 0 Å². The minimum absolute atomic E-state index is 0.427. The van der Waals surface area contributed by atoms with E-state index in [0.29, 0.717) is 35.3 Å². The first kappa shape index (κ1) is 17.7. The molecule has 0 aliphatic carbocycles. The van der Waals surface area contributed by atoms with Crippen molar-refractivity contribution in [3.05, 3.63) is 40.1 Å². The standard InChI is InChI=1S/C17H16N2O6S/c1-10-4-7-26-15(10)16(21)25-9-14(20)19-17(22)18-11-2-3-12-13(8-11)24-6-5-23-12/h2-4,7-8H,5-6,9H2,1H3,(H2,18,19,20,22). The van der Waals surface area contributed by atoms with Crippen LogP contribution in [0.15, 0.2) is 29.6 Å². The number of urea groups is 1. The van der Waals surface area contributed by atoms with Crippen LogP contribution in [-0.4, -0.2) is 37.7 Å². The first-order valence-electron chi connectivity index (χ1n) is 7.74. The molecule has 0 saturated heterocycles. The van der Waals surface area contributed by atoms with Crippen LogP contribution < -0.4 is 20.1 Å². The van der Waals surface area contributed by atoms with Gasteiger partial charge in [0, 0.05) is 11.8 Å². The second kappa shape index (κ2) is 7.87. The maximum atomic E-state index is 11.9. The molecular weight excluding hydrogens is 360 g/mol. The second-order valence-corrected chi connectivity index (χ2v) is 6.29. The number of anilines is 1. The maximum Gasteiger partial charge on any atom is 0.349 e. The number of benzene rings is 1. The predicted octanol–water partition coefficient (Wildman–Crippen LogP) is 2.33. The fraction of sp³-hybridized carbons (Fsp3) is 0.235. The summed E-state index contributed by atoms with van der Waals surface area (Å²) in [5.41, 5.74) is 1.21. The van der Waals surface area contributed by atoms with E-state index >= 15 is 0 Å². The Morgan fingerprint density at radius 2 is 1.92 bits per heavy atom. The minimum Gasteiger partial charge on any atom is -0.486 e. The van der Waals surface area contributed by atoms with Gasteiger partial charge in [-0.15, -0.1) is 11.3 Å². The number of hydrogen-bond acceptors (Lipinski definition) is 7. The zero-order valence-electron chi connectivity index (χ0n) is 13.9. The van der Waals surface area contributed by atoms with Gasteiger partial charge in [0.05, 0.1) is 0 Å². The van der Waals surface area contributed by atoms with Crippen molar-refractivity contribution < 1.29 is 28.6 Å². The van der Waals surface area contributed by atoms with Crippen LogP contribution in [0.2, 0.25) is 0 Å². The summed E-state index contributed by atoms with van der Waals surface area (Å²) in [4.78, 5) is 35.9. The summed E-state index contributed by atoms with van der Waals surface area (Å²) in [5.74, 6) is -0.225. The second-order valence-electron chi connectivity index (χ2n) is 5.37. The Hall–Kier alpha value is -3.07. The van der Waals surface area contributed by atoms with Crippen molar-refractivity contribution in [2.45, 2.75) is 6.92 Å². The normalized spacial score (nSPS) is 12.2. The monoisotopic (exact) mass is 376 g/mol. The largest absolute Gasteiger partial charge is 0.486 e. The molecule has 2 N–H and O–H groups in total. The summed E-state index contributed by atoms with van der Waals surface area (Å²) >= 11 is 1.23. The lowest BCUT2D eigenvalue weighted by molar-refractivity contribution is -0.123. The van der Waals surface area contributed by atoms with E-state index in [0.717, 1.165) is 5.56 Å². The fourth-order valence-corrected chi connectivity index (χ4v) is 3.04. The molecule has 3 rings (SSSR count). The number of thiophene rings is 1. The molecule has 1 aliphatic rings. The smallest absolute Gasteiger partial charge is 0.349 e. The molecule has 3 amide bonds. The van der Waals surface area contributed by atoms with E-state index < -0.39 is 24.5 Å². The lowest BCUT2D eigenvalue weighted by Gasteiger charge is -2.19. The van der Waals surface area contributed by atoms with Crippen LogP contribution in [0.1, 0.15) is 15.2 Å². The van der Waals surface area contributed by atoms with Gasteiger partial charge in [-0.2, -0.15) is 0 Å². The van der Waals surface area contributed by atoms with Gasteiger partial charge in [0.2, 0.25) is 0 Å². The number of imide groups is 1. The van der Waals surface area contributed by atoms with Gasteiger partial charge < -0.3 is 19.5 Å². The first-order valence-corrected chi connectivity index (χ1v) is 8.62. The Bertz CT molecular complexity index is 848. The molecule has 2 heterocycles. The number of esters is 1. The summed E-state index contributed by atoms with van der Waals surface area (Å²) in [6.07, 6.45) is 0. The summed E-state index contributed by atoms with van der Waals surface area (Å²) in [6.45, 7) is 2.12. The molecule has 0 unspecified atom stereocenters. The fourth-order valence-electron chi connectivity index (χ4n) is 2.22. The zero-order chi connectivity index (χ0) is 18.5. The van der Waals surface area contributed by atoms with Gasteiger partial charge in [-0.05, 0) is 36.1 Å². The van der Waals surface area contributed by atoms with Gasteiger partial charge in [-0.3, -0.25) is 10.1 Å². The van der Waals surface area contributed by atoms with E-state index in [-0.39, 0.29) is 0 Å². The SMILES string of the molecule is Cc1ccsc1C(=O)OCC(=O)NC(=O)Nc1ccc2c(c1)OCCO2. The molecule has 1 aromatic carbocycles. The number of fused-ring (bicyclic) bond motifs is 1. The van der Waals surface area contributed by atoms with Crippen LogP contribution in [0.5, 0.6) is 11.5 Å². The van der Waals surface area contributed by atoms with Gasteiger partial charge in [0.15, 0.2) is 18.1 Å². The topological polar surface area (TPSA) is 103 Å². The highest BCUT2D eigenvalue weighted by molar-refractivity contribution is 7.12. The molecule has 1 aromatic heterocycles. The minimum atomic E-state index is -0.741. The van der Waals surface area contributed by atoms with Gasteiger partial charge in [-0.1, -0.05) is 0 Å². The Balaban J connectivity index is 1.48. The van der Waals surface area contributed by atoms with E-state index in [1.807, 2.05) is 0 Å². The van der Waals surface area contributed by atoms with Crippen molar-refractivity contribution in [2.24, 2.45) is 0 Å². The molecule has 0 atom stereocenters.